The van der Waals surface area contributed by atoms with E-state index in [-0.39, 0.29) is 30.2 Å². The Bertz CT molecular complexity index is 956. The number of carbonyl (C=O) groups excluding carboxylic acids is 1. The minimum absolute atomic E-state index is 0.0128. The average molecular weight is 429 g/mol. The molecular formula is C23H28N2O4S. The molecule has 1 saturated heterocycles. The van der Waals surface area contributed by atoms with Crippen molar-refractivity contribution in [2.45, 2.75) is 49.5 Å². The Morgan fingerprint density at radius 2 is 1.80 bits per heavy atom. The smallest absolute Gasteiger partial charge is 0.306 e. The number of unbranched alkanes of at least 4 members (excludes halogenated alkanes) is 1. The second-order valence-electron chi connectivity index (χ2n) is 7.78. The Kier molecular flexibility index (Phi) is 7.63. The fourth-order valence-electron chi connectivity index (χ4n) is 3.87. The van der Waals surface area contributed by atoms with E-state index in [2.05, 4.69) is 17.2 Å². The zero-order chi connectivity index (χ0) is 21.4. The Balaban J connectivity index is 1.46. The predicted molar refractivity (Wildman–Crippen MR) is 117 cm³/mol. The number of sulfone groups is 1. The van der Waals surface area contributed by atoms with Gasteiger partial charge >= 0.3 is 5.97 Å². The van der Waals surface area contributed by atoms with Gasteiger partial charge in [-0.15, -0.1) is 0 Å². The van der Waals surface area contributed by atoms with Gasteiger partial charge in [0.05, 0.1) is 16.9 Å². The lowest BCUT2D eigenvalue weighted by Crippen LogP contribution is -2.33. The summed E-state index contributed by atoms with van der Waals surface area (Å²) in [5, 5.41) is 3.51. The maximum absolute atomic E-state index is 12.6. The van der Waals surface area contributed by atoms with E-state index in [1.807, 2.05) is 12.1 Å². The summed E-state index contributed by atoms with van der Waals surface area (Å²) < 4.78 is 30.7. The van der Waals surface area contributed by atoms with Crippen LogP contribution in [0.5, 0.6) is 0 Å². The molecule has 160 valence electrons. The Morgan fingerprint density at radius 1 is 1.07 bits per heavy atom. The molecule has 1 aliphatic rings. The first-order chi connectivity index (χ1) is 14.5. The van der Waals surface area contributed by atoms with E-state index in [4.69, 9.17) is 10.6 Å². The van der Waals surface area contributed by atoms with Gasteiger partial charge in [0.1, 0.15) is 6.10 Å². The SMILES string of the molecule is NN=Cc1ccc(CCCCC2CC(CS(=O)(=O)c3ccccc3)CC(=O)O2)cc1. The van der Waals surface area contributed by atoms with Crippen molar-refractivity contribution in [2.75, 3.05) is 5.75 Å². The highest BCUT2D eigenvalue weighted by Crippen LogP contribution is 2.28. The van der Waals surface area contributed by atoms with Gasteiger partial charge in [0, 0.05) is 6.42 Å². The summed E-state index contributed by atoms with van der Waals surface area (Å²) in [5.74, 6) is 4.65. The van der Waals surface area contributed by atoms with Gasteiger partial charge in [0.25, 0.3) is 0 Å². The summed E-state index contributed by atoms with van der Waals surface area (Å²) in [5.41, 5.74) is 2.20. The van der Waals surface area contributed by atoms with Crippen molar-refractivity contribution < 1.29 is 17.9 Å². The second kappa shape index (κ2) is 10.4. The maximum Gasteiger partial charge on any atom is 0.306 e. The second-order valence-corrected chi connectivity index (χ2v) is 9.81. The highest BCUT2D eigenvalue weighted by Gasteiger charge is 2.32. The summed E-state index contributed by atoms with van der Waals surface area (Å²) in [4.78, 5) is 12.3. The molecule has 0 saturated carbocycles. The highest BCUT2D eigenvalue weighted by molar-refractivity contribution is 7.91. The Labute approximate surface area is 178 Å². The lowest BCUT2D eigenvalue weighted by atomic mass is 9.93. The number of benzene rings is 2. The zero-order valence-corrected chi connectivity index (χ0v) is 17.8. The van der Waals surface area contributed by atoms with Gasteiger partial charge in [0.2, 0.25) is 0 Å². The van der Waals surface area contributed by atoms with Crippen molar-refractivity contribution in [3.05, 3.63) is 65.7 Å². The monoisotopic (exact) mass is 428 g/mol. The summed E-state index contributed by atoms with van der Waals surface area (Å²) >= 11 is 0. The van der Waals surface area contributed by atoms with Crippen molar-refractivity contribution in [1.82, 2.24) is 0 Å². The van der Waals surface area contributed by atoms with E-state index >= 15 is 0 Å². The number of cyclic esters (lactones) is 1. The molecule has 30 heavy (non-hydrogen) atoms. The molecule has 0 radical (unpaired) electrons. The molecule has 0 aromatic heterocycles. The van der Waals surface area contributed by atoms with Crippen molar-refractivity contribution in [3.63, 3.8) is 0 Å². The number of ether oxygens (including phenoxy) is 1. The van der Waals surface area contributed by atoms with Crippen LogP contribution in [0.1, 0.15) is 43.2 Å². The van der Waals surface area contributed by atoms with Gasteiger partial charge in [-0.1, -0.05) is 42.5 Å². The number of hydrazone groups is 1. The number of nitrogens with zero attached hydrogens (tertiary/aromatic N) is 1. The van der Waals surface area contributed by atoms with E-state index in [0.717, 1.165) is 31.2 Å². The highest BCUT2D eigenvalue weighted by atomic mass is 32.2. The molecule has 2 aromatic carbocycles. The third kappa shape index (κ3) is 6.42. The molecule has 1 fully saturated rings. The fourth-order valence-corrected chi connectivity index (χ4v) is 5.51. The first-order valence-corrected chi connectivity index (χ1v) is 11.9. The van der Waals surface area contributed by atoms with Crippen molar-refractivity contribution in [2.24, 2.45) is 16.9 Å². The molecule has 0 spiro atoms. The van der Waals surface area contributed by atoms with Crippen LogP contribution in [0, 0.1) is 5.92 Å². The molecule has 0 bridgehead atoms. The molecule has 0 amide bonds. The van der Waals surface area contributed by atoms with Crippen LogP contribution in [-0.2, 0) is 25.8 Å². The van der Waals surface area contributed by atoms with Gasteiger partial charge in [-0.05, 0) is 61.3 Å². The molecule has 6 nitrogen and oxygen atoms in total. The van der Waals surface area contributed by atoms with Gasteiger partial charge < -0.3 is 10.6 Å². The molecule has 2 unspecified atom stereocenters. The maximum atomic E-state index is 12.6. The van der Waals surface area contributed by atoms with Crippen LogP contribution < -0.4 is 5.84 Å². The zero-order valence-electron chi connectivity index (χ0n) is 16.9. The third-order valence-corrected chi connectivity index (χ3v) is 7.25. The van der Waals surface area contributed by atoms with Crippen LogP contribution in [0.15, 0.2) is 64.6 Å². The quantitative estimate of drug-likeness (QED) is 0.217. The molecule has 2 atom stereocenters. The van der Waals surface area contributed by atoms with E-state index < -0.39 is 9.84 Å². The summed E-state index contributed by atoms with van der Waals surface area (Å²) in [7, 11) is -3.40. The van der Waals surface area contributed by atoms with E-state index in [9.17, 15) is 13.2 Å². The minimum Gasteiger partial charge on any atom is -0.462 e. The number of hydrogen-bond acceptors (Lipinski definition) is 6. The number of esters is 1. The predicted octanol–water partition coefficient (Wildman–Crippen LogP) is 3.49. The molecular weight excluding hydrogens is 400 g/mol. The molecule has 1 aliphatic heterocycles. The van der Waals surface area contributed by atoms with Crippen LogP contribution >= 0.6 is 0 Å². The molecule has 2 aromatic rings. The number of nitrogens with two attached hydrogens (primary N) is 1. The van der Waals surface area contributed by atoms with Crippen LogP contribution in [0.25, 0.3) is 0 Å². The molecule has 1 heterocycles. The minimum atomic E-state index is -3.40. The average Bonchev–Trinajstić information content (AvgIpc) is 2.72. The Morgan fingerprint density at radius 3 is 2.50 bits per heavy atom. The van der Waals surface area contributed by atoms with E-state index in [1.165, 1.54) is 5.56 Å². The molecule has 7 heteroatoms. The normalized spacial score (nSPS) is 19.7. The summed E-state index contributed by atoms with van der Waals surface area (Å²) in [6.07, 6.45) is 5.76. The van der Waals surface area contributed by atoms with Gasteiger partial charge in [-0.25, -0.2) is 8.42 Å². The van der Waals surface area contributed by atoms with Crippen LogP contribution in [-0.4, -0.2) is 32.5 Å². The largest absolute Gasteiger partial charge is 0.462 e. The number of carbonyl (C=O) groups is 1. The van der Waals surface area contributed by atoms with Crippen LogP contribution in [0.2, 0.25) is 0 Å². The molecule has 2 N–H and O–H groups in total. The lowest BCUT2D eigenvalue weighted by Gasteiger charge is -2.28. The lowest BCUT2D eigenvalue weighted by molar-refractivity contribution is -0.156. The summed E-state index contributed by atoms with van der Waals surface area (Å²) in [6.45, 7) is 0. The first kappa shape index (κ1) is 22.0. The summed E-state index contributed by atoms with van der Waals surface area (Å²) in [6, 6.07) is 16.5. The number of aryl methyl sites for hydroxylation is 1. The van der Waals surface area contributed by atoms with E-state index in [0.29, 0.717) is 11.3 Å². The molecule has 3 rings (SSSR count). The Hall–Kier alpha value is -2.67. The van der Waals surface area contributed by atoms with Gasteiger partial charge in [-0.2, -0.15) is 5.10 Å². The van der Waals surface area contributed by atoms with Crippen LogP contribution in [0.3, 0.4) is 0 Å². The van der Waals surface area contributed by atoms with Gasteiger partial charge in [0.15, 0.2) is 9.84 Å². The topological polar surface area (TPSA) is 98.8 Å². The van der Waals surface area contributed by atoms with Gasteiger partial charge in [-0.3, -0.25) is 4.79 Å². The van der Waals surface area contributed by atoms with E-state index in [1.54, 1.807) is 36.5 Å². The third-order valence-electron chi connectivity index (χ3n) is 5.35. The van der Waals surface area contributed by atoms with Crippen molar-refractivity contribution >= 4 is 22.0 Å². The standard InChI is InChI=1S/C23H28N2O4S/c24-25-16-19-12-10-18(11-13-19)6-4-5-7-21-14-20(15-23(26)29-21)17-30(27,28)22-8-2-1-3-9-22/h1-3,8-13,16,20-21H,4-7,14-15,17,24H2. The number of hydrogen-bond donors (Lipinski definition) is 1. The van der Waals surface area contributed by atoms with Crippen molar-refractivity contribution in [1.29, 1.82) is 0 Å². The molecule has 0 aliphatic carbocycles. The first-order valence-electron chi connectivity index (χ1n) is 10.3. The van der Waals surface area contributed by atoms with Crippen LogP contribution in [0.4, 0.5) is 0 Å². The number of rotatable bonds is 9. The van der Waals surface area contributed by atoms with Crippen molar-refractivity contribution in [3.8, 4) is 0 Å². The fraction of sp³-hybridized carbons (Fsp3) is 0.391.